The maximum Gasteiger partial charge on any atom is 0.458 e. The molecule has 0 fully saturated rings. The van der Waals surface area contributed by atoms with Crippen molar-refractivity contribution in [2.75, 3.05) is 0 Å². The molecule has 5 rings (SSSR count). The molecule has 8 heteroatoms. The van der Waals surface area contributed by atoms with Crippen molar-refractivity contribution in [1.82, 2.24) is 0 Å². The van der Waals surface area contributed by atoms with Crippen LogP contribution in [0.3, 0.4) is 0 Å². The molecule has 5 aromatic rings. The molecule has 0 aromatic heterocycles. The third-order valence-corrected chi connectivity index (χ3v) is 6.79. The highest BCUT2D eigenvalue weighted by molar-refractivity contribution is 5.92. The van der Waals surface area contributed by atoms with E-state index in [2.05, 4.69) is 6.92 Å². The lowest BCUT2D eigenvalue weighted by Gasteiger charge is -2.12. The Bertz CT molecular complexity index is 1850. The highest BCUT2D eigenvalue weighted by Gasteiger charge is 2.24. The topological polar surface area (TPSA) is 0 Å². The zero-order valence-electron chi connectivity index (χ0n) is 21.9. The van der Waals surface area contributed by atoms with Crippen LogP contribution >= 0.6 is 0 Å². The minimum Gasteiger partial charge on any atom is -0.206 e. The maximum atomic E-state index is 15.5. The van der Waals surface area contributed by atoms with E-state index in [9.17, 15) is 22.0 Å². The van der Waals surface area contributed by atoms with E-state index in [0.29, 0.717) is 23.3 Å². The van der Waals surface area contributed by atoms with Crippen molar-refractivity contribution in [1.29, 1.82) is 0 Å². The minimum absolute atomic E-state index is 0.0647. The van der Waals surface area contributed by atoms with Crippen molar-refractivity contribution < 1.29 is 35.1 Å². The van der Waals surface area contributed by atoms with Crippen LogP contribution in [-0.4, -0.2) is 6.18 Å². The molecule has 0 spiro atoms. The van der Waals surface area contributed by atoms with Crippen LogP contribution < -0.4 is 0 Å². The number of hydrogen-bond donors (Lipinski definition) is 0. The predicted molar refractivity (Wildman–Crippen MR) is 147 cm³/mol. The Morgan fingerprint density at radius 3 is 1.86 bits per heavy atom. The van der Waals surface area contributed by atoms with E-state index in [4.69, 9.17) is 0 Å². The highest BCUT2D eigenvalue weighted by Crippen LogP contribution is 2.36. The first kappa shape index (κ1) is 28.9. The number of halogens is 8. The first-order valence-corrected chi connectivity index (χ1v) is 12.9. The molecule has 0 N–H and O–H groups in total. The van der Waals surface area contributed by atoms with Gasteiger partial charge in [-0.05, 0) is 70.0 Å². The quantitative estimate of drug-likeness (QED) is 0.143. The summed E-state index contributed by atoms with van der Waals surface area (Å²) in [7, 11) is 0. The van der Waals surface area contributed by atoms with Crippen LogP contribution in [0.5, 0.6) is 0 Å². The fourth-order valence-corrected chi connectivity index (χ4v) is 4.81. The molecule has 0 bridgehead atoms. The molecule has 0 heterocycles. The van der Waals surface area contributed by atoms with Crippen molar-refractivity contribution >= 4 is 10.8 Å². The summed E-state index contributed by atoms with van der Waals surface area (Å²) in [5.74, 6) is -3.75. The van der Waals surface area contributed by atoms with Gasteiger partial charge in [-0.1, -0.05) is 67.8 Å². The Hall–Kier alpha value is -4.64. The molecule has 5 aromatic carbocycles. The molecule has 0 aliphatic heterocycles. The first-order chi connectivity index (χ1) is 19.9. The average molecular weight is 581 g/mol. The molecule has 42 heavy (non-hydrogen) atoms. The van der Waals surface area contributed by atoms with Crippen LogP contribution in [0.15, 0.2) is 78.9 Å². The summed E-state index contributed by atoms with van der Waals surface area (Å²) in [6.07, 6.45) is -3.03. The van der Waals surface area contributed by atoms with E-state index in [-0.39, 0.29) is 16.3 Å². The SMILES string of the molecule is CCCc1ccc(-c2ccc(-c3ccc4c(F)c(-c5cc(F)c(C#CC(F)(F)F)c(F)c5)c(F)cc4c3)c(F)c2)cc1. The molecule has 0 saturated carbocycles. The fraction of sp³-hybridized carbons (Fsp3) is 0.118. The fourth-order valence-electron chi connectivity index (χ4n) is 4.81. The van der Waals surface area contributed by atoms with E-state index in [1.54, 1.807) is 12.1 Å². The van der Waals surface area contributed by atoms with Crippen molar-refractivity contribution in [2.45, 2.75) is 25.9 Å². The van der Waals surface area contributed by atoms with Gasteiger partial charge in [-0.25, -0.2) is 22.0 Å². The summed E-state index contributed by atoms with van der Waals surface area (Å²) in [6.45, 7) is 2.08. The number of hydrogen-bond acceptors (Lipinski definition) is 0. The van der Waals surface area contributed by atoms with E-state index in [0.717, 1.165) is 30.4 Å². The summed E-state index contributed by atoms with van der Waals surface area (Å²) < 4.78 is 112. The van der Waals surface area contributed by atoms with Crippen molar-refractivity contribution in [3.63, 3.8) is 0 Å². The van der Waals surface area contributed by atoms with Gasteiger partial charge in [-0.2, -0.15) is 13.2 Å². The molecular weight excluding hydrogens is 560 g/mol. The van der Waals surface area contributed by atoms with Gasteiger partial charge >= 0.3 is 6.18 Å². The van der Waals surface area contributed by atoms with E-state index in [1.165, 1.54) is 35.7 Å². The largest absolute Gasteiger partial charge is 0.458 e. The number of alkyl halides is 3. The second kappa shape index (κ2) is 11.3. The molecule has 0 aliphatic carbocycles. The lowest BCUT2D eigenvalue weighted by atomic mass is 9.94. The second-order valence-corrected chi connectivity index (χ2v) is 9.69. The summed E-state index contributed by atoms with van der Waals surface area (Å²) in [5, 5.41) is -0.0454. The molecule has 0 radical (unpaired) electrons. The Morgan fingerprint density at radius 2 is 1.24 bits per heavy atom. The molecule has 0 amide bonds. The smallest absolute Gasteiger partial charge is 0.206 e. The maximum absolute atomic E-state index is 15.5. The van der Waals surface area contributed by atoms with Crippen LogP contribution in [0.4, 0.5) is 35.1 Å². The van der Waals surface area contributed by atoms with Crippen LogP contribution in [0.1, 0.15) is 24.5 Å². The van der Waals surface area contributed by atoms with Crippen LogP contribution in [0, 0.1) is 40.9 Å². The molecule has 212 valence electrons. The molecule has 0 unspecified atom stereocenters. The first-order valence-electron chi connectivity index (χ1n) is 12.9. The van der Waals surface area contributed by atoms with E-state index in [1.807, 2.05) is 24.3 Å². The van der Waals surface area contributed by atoms with Gasteiger partial charge in [-0.15, -0.1) is 0 Å². The van der Waals surface area contributed by atoms with Crippen LogP contribution in [-0.2, 0) is 6.42 Å². The molecule has 0 nitrogen and oxygen atoms in total. The standard InChI is InChI=1S/C34H20F8/c1-2-3-19-4-6-20(7-5-19)21-8-10-25(28(35)15-21)22-9-11-26-23(14-22)16-31(38)32(33(26)39)24-17-29(36)27(30(37)18-24)12-13-34(40,41)42/h4-11,14-18H,2-3H2,1H3. The van der Waals surface area contributed by atoms with Crippen LogP contribution in [0.2, 0.25) is 0 Å². The lowest BCUT2D eigenvalue weighted by Crippen LogP contribution is -2.03. The minimum atomic E-state index is -4.99. The molecule has 0 atom stereocenters. The second-order valence-electron chi connectivity index (χ2n) is 9.69. The molecular formula is C34H20F8. The van der Waals surface area contributed by atoms with E-state index >= 15 is 13.2 Å². The van der Waals surface area contributed by atoms with Gasteiger partial charge in [0.15, 0.2) is 0 Å². The normalized spacial score (nSPS) is 11.5. The van der Waals surface area contributed by atoms with Gasteiger partial charge in [0.1, 0.15) is 29.1 Å². The zero-order chi connectivity index (χ0) is 30.2. The Kier molecular flexibility index (Phi) is 7.79. The Labute approximate surface area is 236 Å². The average Bonchev–Trinajstić information content (AvgIpc) is 2.92. The summed E-state index contributed by atoms with van der Waals surface area (Å²) in [4.78, 5) is 0. The molecule has 0 aliphatic rings. The predicted octanol–water partition coefficient (Wildman–Crippen LogP) is 10.4. The van der Waals surface area contributed by atoms with Gasteiger partial charge < -0.3 is 0 Å². The third kappa shape index (κ3) is 5.87. The van der Waals surface area contributed by atoms with Crippen LogP contribution in [0.25, 0.3) is 44.2 Å². The Morgan fingerprint density at radius 1 is 0.619 bits per heavy atom. The number of aryl methyl sites for hydroxylation is 1. The van der Waals surface area contributed by atoms with Gasteiger partial charge in [0, 0.05) is 16.9 Å². The number of benzene rings is 5. The van der Waals surface area contributed by atoms with Gasteiger partial charge in [0.05, 0.1) is 11.1 Å². The van der Waals surface area contributed by atoms with Gasteiger partial charge in [0.2, 0.25) is 0 Å². The highest BCUT2D eigenvalue weighted by atomic mass is 19.4. The lowest BCUT2D eigenvalue weighted by molar-refractivity contribution is -0.0696. The third-order valence-electron chi connectivity index (χ3n) is 6.79. The number of rotatable bonds is 5. The summed E-state index contributed by atoms with van der Waals surface area (Å²) in [6, 6.07) is 18.6. The monoisotopic (exact) mass is 580 g/mol. The van der Waals surface area contributed by atoms with Crippen molar-refractivity contribution in [3.8, 4) is 45.2 Å². The molecule has 0 saturated heterocycles. The number of fused-ring (bicyclic) bond motifs is 1. The zero-order valence-corrected chi connectivity index (χ0v) is 21.9. The van der Waals surface area contributed by atoms with E-state index < -0.39 is 52.0 Å². The summed E-state index contributed by atoms with van der Waals surface area (Å²) in [5.41, 5.74) is 0.717. The van der Waals surface area contributed by atoms with Crippen molar-refractivity contribution in [3.05, 3.63) is 119 Å². The van der Waals surface area contributed by atoms with Crippen molar-refractivity contribution in [2.24, 2.45) is 0 Å². The van der Waals surface area contributed by atoms with Gasteiger partial charge in [-0.3, -0.25) is 0 Å². The summed E-state index contributed by atoms with van der Waals surface area (Å²) >= 11 is 0. The Balaban J connectivity index is 1.50. The van der Waals surface area contributed by atoms with Gasteiger partial charge in [0.25, 0.3) is 0 Å².